The van der Waals surface area contributed by atoms with Gasteiger partial charge in [0.2, 0.25) is 0 Å². The average molecular weight is 215 g/mol. The minimum absolute atomic E-state index is 0. The first-order valence-electron chi connectivity index (χ1n) is 4.22. The summed E-state index contributed by atoms with van der Waals surface area (Å²) < 4.78 is 0. The third-order valence-electron chi connectivity index (χ3n) is 2.22. The van der Waals surface area contributed by atoms with Crippen molar-refractivity contribution in [1.29, 1.82) is 0 Å². The number of hydrogen-bond acceptors (Lipinski definition) is 2. The van der Waals surface area contributed by atoms with Crippen molar-refractivity contribution in [2.75, 3.05) is 26.7 Å². The second kappa shape index (κ2) is 8.11. The van der Waals surface area contributed by atoms with Crippen molar-refractivity contribution in [3.8, 4) is 0 Å². The molecule has 0 aromatic heterocycles. The van der Waals surface area contributed by atoms with Gasteiger partial charge in [-0.05, 0) is 39.9 Å². The number of hydrogen-bond donors (Lipinski definition) is 1. The van der Waals surface area contributed by atoms with Gasteiger partial charge in [0.25, 0.3) is 0 Å². The summed E-state index contributed by atoms with van der Waals surface area (Å²) in [6.07, 6.45) is 2.80. The molecule has 0 unspecified atom stereocenters. The molecule has 12 heavy (non-hydrogen) atoms. The molecule has 1 atom stereocenters. The van der Waals surface area contributed by atoms with Crippen LogP contribution in [0.15, 0.2) is 0 Å². The Morgan fingerprint density at radius 2 is 1.75 bits per heavy atom. The second-order valence-electron chi connectivity index (χ2n) is 3.20. The van der Waals surface area contributed by atoms with Crippen LogP contribution < -0.4 is 5.32 Å². The Balaban J connectivity index is 0. The summed E-state index contributed by atoms with van der Waals surface area (Å²) in [5.41, 5.74) is 0. The van der Waals surface area contributed by atoms with Crippen LogP contribution in [-0.4, -0.2) is 37.6 Å². The molecule has 0 spiro atoms. The largest absolute Gasteiger partial charge is 0.316 e. The molecule has 0 aromatic carbocycles. The molecule has 0 radical (unpaired) electrons. The Labute approximate surface area is 87.9 Å². The standard InChI is InChI=1S/C8H18N2.2ClH/c1-8(9-2)7-10-5-3-4-6-10;;/h8-9H,3-7H2,1-2H3;2*1H/t8-;;/m0../s1. The number of nitrogens with one attached hydrogen (secondary N) is 1. The first kappa shape index (κ1) is 15.0. The summed E-state index contributed by atoms with van der Waals surface area (Å²) in [5.74, 6) is 0. The fraction of sp³-hybridized carbons (Fsp3) is 1.00. The lowest BCUT2D eigenvalue weighted by Gasteiger charge is -2.19. The molecule has 1 aliphatic rings. The highest BCUT2D eigenvalue weighted by Crippen LogP contribution is 2.06. The Morgan fingerprint density at radius 3 is 2.17 bits per heavy atom. The van der Waals surface area contributed by atoms with Crippen LogP contribution in [0, 0.1) is 0 Å². The number of likely N-dealkylation sites (N-methyl/N-ethyl adjacent to an activating group) is 1. The Morgan fingerprint density at radius 1 is 1.25 bits per heavy atom. The van der Waals surface area contributed by atoms with Gasteiger partial charge in [-0.1, -0.05) is 0 Å². The van der Waals surface area contributed by atoms with Crippen LogP contribution >= 0.6 is 24.8 Å². The molecule has 0 bridgehead atoms. The van der Waals surface area contributed by atoms with Gasteiger partial charge in [0.1, 0.15) is 0 Å². The summed E-state index contributed by atoms with van der Waals surface area (Å²) in [7, 11) is 2.03. The van der Waals surface area contributed by atoms with E-state index in [0.29, 0.717) is 6.04 Å². The topological polar surface area (TPSA) is 15.3 Å². The lowest BCUT2D eigenvalue weighted by molar-refractivity contribution is 0.305. The van der Waals surface area contributed by atoms with Crippen LogP contribution in [0.4, 0.5) is 0 Å². The van der Waals surface area contributed by atoms with E-state index in [1.165, 1.54) is 32.5 Å². The highest BCUT2D eigenvalue weighted by Gasteiger charge is 2.12. The van der Waals surface area contributed by atoms with Crippen molar-refractivity contribution in [1.82, 2.24) is 10.2 Å². The fourth-order valence-electron chi connectivity index (χ4n) is 1.44. The van der Waals surface area contributed by atoms with Gasteiger partial charge in [0.15, 0.2) is 0 Å². The molecule has 1 rings (SSSR count). The number of halogens is 2. The zero-order valence-electron chi connectivity index (χ0n) is 7.88. The van der Waals surface area contributed by atoms with Crippen LogP contribution in [0.5, 0.6) is 0 Å². The third-order valence-corrected chi connectivity index (χ3v) is 2.22. The normalized spacial score (nSPS) is 19.5. The van der Waals surface area contributed by atoms with Crippen LogP contribution in [-0.2, 0) is 0 Å². The molecule has 0 aliphatic carbocycles. The maximum atomic E-state index is 3.25. The first-order chi connectivity index (χ1) is 4.83. The molecule has 1 N–H and O–H groups in total. The molecule has 0 amide bonds. The van der Waals surface area contributed by atoms with Crippen molar-refractivity contribution < 1.29 is 0 Å². The Bertz CT molecular complexity index is 95.1. The molecule has 2 nitrogen and oxygen atoms in total. The Kier molecular flexibility index (Phi) is 10.1. The third kappa shape index (κ3) is 5.20. The molecular formula is C8H20Cl2N2. The summed E-state index contributed by atoms with van der Waals surface area (Å²) in [6.45, 7) is 6.08. The van der Waals surface area contributed by atoms with E-state index >= 15 is 0 Å². The number of nitrogens with zero attached hydrogens (tertiary/aromatic N) is 1. The van der Waals surface area contributed by atoms with Crippen LogP contribution in [0.2, 0.25) is 0 Å². The van der Waals surface area contributed by atoms with Gasteiger partial charge in [-0.15, -0.1) is 24.8 Å². The first-order valence-corrected chi connectivity index (χ1v) is 4.22. The maximum Gasteiger partial charge on any atom is 0.0163 e. The van der Waals surface area contributed by atoms with E-state index in [-0.39, 0.29) is 24.8 Å². The summed E-state index contributed by atoms with van der Waals surface area (Å²) >= 11 is 0. The molecule has 1 aliphatic heterocycles. The summed E-state index contributed by atoms with van der Waals surface area (Å²) in [6, 6.07) is 0.651. The van der Waals surface area contributed by atoms with Gasteiger partial charge in [0, 0.05) is 12.6 Å². The van der Waals surface area contributed by atoms with E-state index in [4.69, 9.17) is 0 Å². The number of rotatable bonds is 3. The fourth-order valence-corrected chi connectivity index (χ4v) is 1.44. The molecule has 0 aromatic rings. The monoisotopic (exact) mass is 214 g/mol. The molecule has 1 saturated heterocycles. The van der Waals surface area contributed by atoms with E-state index in [1.54, 1.807) is 0 Å². The Hall–Kier alpha value is 0.500. The van der Waals surface area contributed by atoms with Gasteiger partial charge in [-0.25, -0.2) is 0 Å². The average Bonchev–Trinajstić information content (AvgIpc) is 2.40. The summed E-state index contributed by atoms with van der Waals surface area (Å²) in [4.78, 5) is 2.53. The predicted octanol–water partition coefficient (Wildman–Crippen LogP) is 1.53. The molecular weight excluding hydrogens is 195 g/mol. The van der Waals surface area contributed by atoms with Gasteiger partial charge < -0.3 is 10.2 Å². The van der Waals surface area contributed by atoms with Crippen molar-refractivity contribution in [2.45, 2.75) is 25.8 Å². The zero-order chi connectivity index (χ0) is 7.40. The SMILES string of the molecule is CN[C@@H](C)CN1CCCC1.Cl.Cl. The van der Waals surface area contributed by atoms with Crippen LogP contribution in [0.1, 0.15) is 19.8 Å². The molecule has 76 valence electrons. The maximum absolute atomic E-state index is 3.25. The lowest BCUT2D eigenvalue weighted by Crippen LogP contribution is -2.35. The quantitative estimate of drug-likeness (QED) is 0.768. The predicted molar refractivity (Wildman–Crippen MR) is 58.7 cm³/mol. The minimum Gasteiger partial charge on any atom is -0.316 e. The molecule has 0 saturated carbocycles. The summed E-state index contributed by atoms with van der Waals surface area (Å²) in [5, 5.41) is 3.25. The van der Waals surface area contributed by atoms with E-state index in [2.05, 4.69) is 17.1 Å². The van der Waals surface area contributed by atoms with Gasteiger partial charge in [-0.2, -0.15) is 0 Å². The smallest absolute Gasteiger partial charge is 0.0163 e. The minimum atomic E-state index is 0. The van der Waals surface area contributed by atoms with Crippen molar-refractivity contribution in [3.63, 3.8) is 0 Å². The van der Waals surface area contributed by atoms with Crippen molar-refractivity contribution in [2.24, 2.45) is 0 Å². The van der Waals surface area contributed by atoms with Crippen molar-refractivity contribution in [3.05, 3.63) is 0 Å². The zero-order valence-corrected chi connectivity index (χ0v) is 9.51. The van der Waals surface area contributed by atoms with E-state index in [1.807, 2.05) is 7.05 Å². The lowest BCUT2D eigenvalue weighted by atomic mass is 10.3. The van der Waals surface area contributed by atoms with Gasteiger partial charge in [-0.3, -0.25) is 0 Å². The molecule has 1 fully saturated rings. The number of likely N-dealkylation sites (tertiary alicyclic amines) is 1. The molecule has 4 heteroatoms. The molecule has 1 heterocycles. The van der Waals surface area contributed by atoms with Gasteiger partial charge in [0.05, 0.1) is 0 Å². The van der Waals surface area contributed by atoms with Crippen LogP contribution in [0.25, 0.3) is 0 Å². The van der Waals surface area contributed by atoms with Crippen molar-refractivity contribution >= 4 is 24.8 Å². The highest BCUT2D eigenvalue weighted by atomic mass is 35.5. The van der Waals surface area contributed by atoms with E-state index < -0.39 is 0 Å². The van der Waals surface area contributed by atoms with E-state index in [0.717, 1.165) is 0 Å². The van der Waals surface area contributed by atoms with E-state index in [9.17, 15) is 0 Å². The second-order valence-corrected chi connectivity index (χ2v) is 3.20. The highest BCUT2D eigenvalue weighted by molar-refractivity contribution is 5.85. The van der Waals surface area contributed by atoms with Crippen LogP contribution in [0.3, 0.4) is 0 Å². The van der Waals surface area contributed by atoms with Gasteiger partial charge >= 0.3 is 0 Å².